The Morgan fingerprint density at radius 3 is 2.50 bits per heavy atom. The summed E-state index contributed by atoms with van der Waals surface area (Å²) in [4.78, 5) is 12.3. The predicted octanol–water partition coefficient (Wildman–Crippen LogP) is 2.42. The van der Waals surface area contributed by atoms with Crippen molar-refractivity contribution < 1.29 is 9.90 Å². The minimum Gasteiger partial charge on any atom is -0.390 e. The number of aryl methyl sites for hydroxylation is 1. The molecule has 0 fully saturated rings. The molecule has 24 heavy (non-hydrogen) atoms. The molecule has 1 heterocycles. The molecule has 3 aromatic rings. The zero-order valence-electron chi connectivity index (χ0n) is 13.5. The largest absolute Gasteiger partial charge is 0.390 e. The molecule has 2 aromatic carbocycles. The van der Waals surface area contributed by atoms with Crippen LogP contribution in [0.25, 0.3) is 5.69 Å². The fourth-order valence-corrected chi connectivity index (χ4v) is 2.57. The number of rotatable bonds is 6. The number of ketones is 1. The minimum atomic E-state index is -0.133. The summed E-state index contributed by atoms with van der Waals surface area (Å²) in [6, 6.07) is 15.6. The number of carbonyl (C=O) groups excluding carboxylic acids is 1. The van der Waals surface area contributed by atoms with Gasteiger partial charge < -0.3 is 5.11 Å². The average molecular weight is 321 g/mol. The van der Waals surface area contributed by atoms with Crippen molar-refractivity contribution in [2.24, 2.45) is 0 Å². The molecule has 0 saturated heterocycles. The van der Waals surface area contributed by atoms with Gasteiger partial charge >= 0.3 is 0 Å². The number of hydrogen-bond donors (Lipinski definition) is 1. The van der Waals surface area contributed by atoms with Gasteiger partial charge in [0.2, 0.25) is 0 Å². The maximum Gasteiger partial charge on any atom is 0.141 e. The van der Waals surface area contributed by atoms with Gasteiger partial charge in [-0.2, -0.15) is 0 Å². The van der Waals surface area contributed by atoms with E-state index in [4.69, 9.17) is 5.11 Å². The molecule has 0 amide bonds. The predicted molar refractivity (Wildman–Crippen MR) is 90.9 cm³/mol. The first-order valence-electron chi connectivity index (χ1n) is 7.83. The lowest BCUT2D eigenvalue weighted by Crippen LogP contribution is -2.07. The highest BCUT2D eigenvalue weighted by atomic mass is 16.3. The molecule has 0 spiro atoms. The van der Waals surface area contributed by atoms with E-state index < -0.39 is 0 Å². The average Bonchev–Trinajstić information content (AvgIpc) is 3.07. The van der Waals surface area contributed by atoms with E-state index in [-0.39, 0.29) is 12.4 Å². The van der Waals surface area contributed by atoms with Crippen molar-refractivity contribution in [1.82, 2.24) is 15.0 Å². The number of carbonyl (C=O) groups is 1. The van der Waals surface area contributed by atoms with Gasteiger partial charge in [0.05, 0.1) is 18.5 Å². The normalized spacial score (nSPS) is 10.8. The van der Waals surface area contributed by atoms with E-state index in [1.165, 1.54) is 0 Å². The Labute approximate surface area is 140 Å². The Hall–Kier alpha value is -2.79. The highest BCUT2D eigenvalue weighted by Crippen LogP contribution is 2.13. The van der Waals surface area contributed by atoms with Crippen molar-refractivity contribution in [3.05, 3.63) is 77.1 Å². The van der Waals surface area contributed by atoms with Gasteiger partial charge in [0.15, 0.2) is 0 Å². The molecule has 0 aliphatic heterocycles. The van der Waals surface area contributed by atoms with Crippen LogP contribution < -0.4 is 0 Å². The fourth-order valence-electron chi connectivity index (χ4n) is 2.57. The molecule has 5 heteroatoms. The third-order valence-corrected chi connectivity index (χ3v) is 3.95. The summed E-state index contributed by atoms with van der Waals surface area (Å²) >= 11 is 0. The van der Waals surface area contributed by atoms with Gasteiger partial charge in [0.1, 0.15) is 11.5 Å². The highest BCUT2D eigenvalue weighted by molar-refractivity contribution is 5.83. The fraction of sp³-hybridized carbons (Fsp3) is 0.211. The van der Waals surface area contributed by atoms with Gasteiger partial charge in [-0.15, -0.1) is 5.10 Å². The molecule has 0 aliphatic rings. The molecule has 122 valence electrons. The van der Waals surface area contributed by atoms with Gasteiger partial charge in [-0.25, -0.2) is 4.68 Å². The van der Waals surface area contributed by atoms with Crippen LogP contribution >= 0.6 is 0 Å². The van der Waals surface area contributed by atoms with E-state index in [9.17, 15) is 4.79 Å². The molecule has 3 rings (SSSR count). The monoisotopic (exact) mass is 321 g/mol. The maximum atomic E-state index is 12.3. The lowest BCUT2D eigenvalue weighted by atomic mass is 9.99. The van der Waals surface area contributed by atoms with Gasteiger partial charge in [-0.05, 0) is 35.7 Å². The van der Waals surface area contributed by atoms with Gasteiger partial charge in [-0.3, -0.25) is 4.79 Å². The third-order valence-electron chi connectivity index (χ3n) is 3.95. The molecule has 1 N–H and O–H groups in total. The van der Waals surface area contributed by atoms with Crippen LogP contribution in [0.5, 0.6) is 0 Å². The molecular formula is C19H19N3O2. The second-order valence-corrected chi connectivity index (χ2v) is 5.80. The number of hydrogen-bond acceptors (Lipinski definition) is 4. The Balaban J connectivity index is 1.65. The first-order valence-corrected chi connectivity index (χ1v) is 7.83. The van der Waals surface area contributed by atoms with E-state index >= 15 is 0 Å². The van der Waals surface area contributed by atoms with Crippen molar-refractivity contribution in [3.8, 4) is 5.69 Å². The summed E-state index contributed by atoms with van der Waals surface area (Å²) in [7, 11) is 0. The Bertz CT molecular complexity index is 838. The lowest BCUT2D eigenvalue weighted by Gasteiger charge is -2.06. The number of aliphatic hydroxyl groups excluding tert-OH is 1. The maximum absolute atomic E-state index is 12.3. The Kier molecular flexibility index (Phi) is 4.82. The Morgan fingerprint density at radius 2 is 1.83 bits per heavy atom. The third kappa shape index (κ3) is 3.75. The van der Waals surface area contributed by atoms with Crippen LogP contribution in [0.3, 0.4) is 0 Å². The van der Waals surface area contributed by atoms with E-state index in [1.54, 1.807) is 10.9 Å². The zero-order chi connectivity index (χ0) is 16.9. The van der Waals surface area contributed by atoms with Crippen LogP contribution in [0.1, 0.15) is 22.4 Å². The topological polar surface area (TPSA) is 68.0 Å². The standard InChI is InChI=1S/C19H19N3O2/c1-14-4-2-3-5-16(14)11-19(24)10-15-6-8-18(9-7-15)22-12-17(13-23)20-21-22/h2-9,12,23H,10-11,13H2,1H3. The quantitative estimate of drug-likeness (QED) is 0.757. The zero-order valence-corrected chi connectivity index (χ0v) is 13.5. The first-order chi connectivity index (χ1) is 11.7. The van der Waals surface area contributed by atoms with Gasteiger partial charge in [-0.1, -0.05) is 41.6 Å². The summed E-state index contributed by atoms with van der Waals surface area (Å²) in [5.41, 5.74) is 4.56. The number of nitrogens with zero attached hydrogens (tertiary/aromatic N) is 3. The van der Waals surface area contributed by atoms with Crippen LogP contribution in [0, 0.1) is 6.92 Å². The summed E-state index contributed by atoms with van der Waals surface area (Å²) in [5.74, 6) is 0.195. The SMILES string of the molecule is Cc1ccccc1CC(=O)Cc1ccc(-n2cc(CO)nn2)cc1. The summed E-state index contributed by atoms with van der Waals surface area (Å²) < 4.78 is 1.60. The summed E-state index contributed by atoms with van der Waals surface area (Å²) in [6.45, 7) is 1.89. The van der Waals surface area contributed by atoms with Gasteiger partial charge in [0.25, 0.3) is 0 Å². The Morgan fingerprint density at radius 1 is 1.08 bits per heavy atom. The van der Waals surface area contributed by atoms with Crippen LogP contribution in [0.15, 0.2) is 54.7 Å². The van der Waals surface area contributed by atoms with Crippen molar-refractivity contribution in [2.45, 2.75) is 26.4 Å². The van der Waals surface area contributed by atoms with E-state index in [0.717, 1.165) is 22.4 Å². The van der Waals surface area contributed by atoms with Crippen LogP contribution in [-0.4, -0.2) is 25.9 Å². The van der Waals surface area contributed by atoms with Crippen LogP contribution in [0.2, 0.25) is 0 Å². The lowest BCUT2D eigenvalue weighted by molar-refractivity contribution is -0.117. The number of benzene rings is 2. The number of aliphatic hydroxyl groups is 1. The summed E-state index contributed by atoms with van der Waals surface area (Å²) in [5, 5.41) is 16.8. The number of Topliss-reactive ketones (excluding diaryl/α,β-unsaturated/α-hetero) is 1. The number of aromatic nitrogens is 3. The van der Waals surface area contributed by atoms with Gasteiger partial charge in [0, 0.05) is 12.8 Å². The second-order valence-electron chi connectivity index (χ2n) is 5.80. The van der Waals surface area contributed by atoms with Crippen molar-refractivity contribution in [2.75, 3.05) is 0 Å². The first kappa shape index (κ1) is 16.1. The molecule has 0 unspecified atom stereocenters. The minimum absolute atomic E-state index is 0.133. The molecule has 0 saturated carbocycles. The van der Waals surface area contributed by atoms with Crippen molar-refractivity contribution >= 4 is 5.78 Å². The smallest absolute Gasteiger partial charge is 0.141 e. The summed E-state index contributed by atoms with van der Waals surface area (Å²) in [6.07, 6.45) is 2.55. The molecule has 0 aliphatic carbocycles. The molecule has 0 radical (unpaired) electrons. The molecule has 1 aromatic heterocycles. The van der Waals surface area contributed by atoms with E-state index in [0.29, 0.717) is 18.5 Å². The van der Waals surface area contributed by atoms with E-state index in [1.807, 2.05) is 55.5 Å². The van der Waals surface area contributed by atoms with E-state index in [2.05, 4.69) is 10.3 Å². The second kappa shape index (κ2) is 7.19. The molecule has 0 atom stereocenters. The van der Waals surface area contributed by atoms with Crippen molar-refractivity contribution in [1.29, 1.82) is 0 Å². The van der Waals surface area contributed by atoms with Crippen LogP contribution in [0.4, 0.5) is 0 Å². The van der Waals surface area contributed by atoms with Crippen LogP contribution in [-0.2, 0) is 24.2 Å². The van der Waals surface area contributed by atoms with Crippen molar-refractivity contribution in [3.63, 3.8) is 0 Å². The molecule has 5 nitrogen and oxygen atoms in total. The molecular weight excluding hydrogens is 302 g/mol. The molecule has 0 bridgehead atoms. The highest BCUT2D eigenvalue weighted by Gasteiger charge is 2.08.